The standard InChI is InChI=1S/C20H21N5O2S/c1-3-22-18-15-6-4-5-7-16(15)24-20(25-18)28-12(2)19(27)23-14-10-8-13(9-11-14)17(21)26/h4-12H,3H2,1-2H3,(H2,21,26)(H,23,27)(H,22,24,25)/t12-/m0/s1. The third kappa shape index (κ3) is 4.58. The zero-order chi connectivity index (χ0) is 20.1. The number of aromatic nitrogens is 2. The van der Waals surface area contributed by atoms with Gasteiger partial charge in [-0.1, -0.05) is 23.9 Å². The molecule has 0 aliphatic heterocycles. The summed E-state index contributed by atoms with van der Waals surface area (Å²) < 4.78 is 0. The highest BCUT2D eigenvalue weighted by atomic mass is 32.2. The molecule has 0 unspecified atom stereocenters. The molecule has 2 aromatic carbocycles. The highest BCUT2D eigenvalue weighted by Crippen LogP contribution is 2.27. The van der Waals surface area contributed by atoms with Crippen molar-refractivity contribution >= 4 is 46.0 Å². The monoisotopic (exact) mass is 395 g/mol. The number of hydrogen-bond donors (Lipinski definition) is 3. The van der Waals surface area contributed by atoms with Gasteiger partial charge in [0.05, 0.1) is 10.8 Å². The molecule has 1 atom stereocenters. The molecule has 2 amide bonds. The lowest BCUT2D eigenvalue weighted by Gasteiger charge is -2.13. The summed E-state index contributed by atoms with van der Waals surface area (Å²) in [6, 6.07) is 14.2. The number of para-hydroxylation sites is 1. The molecule has 0 radical (unpaired) electrons. The Morgan fingerprint density at radius 2 is 1.82 bits per heavy atom. The molecule has 3 rings (SSSR count). The van der Waals surface area contributed by atoms with Crippen LogP contribution in [0.5, 0.6) is 0 Å². The number of fused-ring (bicyclic) bond motifs is 1. The van der Waals surface area contributed by atoms with Crippen LogP contribution in [0.2, 0.25) is 0 Å². The Bertz CT molecular complexity index is 1010. The number of rotatable bonds is 7. The second-order valence-electron chi connectivity index (χ2n) is 6.09. The van der Waals surface area contributed by atoms with Crippen LogP contribution in [0.25, 0.3) is 10.9 Å². The molecule has 0 aliphatic carbocycles. The number of thioether (sulfide) groups is 1. The maximum Gasteiger partial charge on any atom is 0.248 e. The number of carbonyl (C=O) groups excluding carboxylic acids is 2. The van der Waals surface area contributed by atoms with Crippen molar-refractivity contribution in [2.45, 2.75) is 24.3 Å². The smallest absolute Gasteiger partial charge is 0.248 e. The molecule has 0 saturated carbocycles. The van der Waals surface area contributed by atoms with Crippen molar-refractivity contribution in [3.8, 4) is 0 Å². The largest absolute Gasteiger partial charge is 0.370 e. The van der Waals surface area contributed by atoms with E-state index in [-0.39, 0.29) is 5.91 Å². The first kappa shape index (κ1) is 19.6. The lowest BCUT2D eigenvalue weighted by atomic mass is 10.2. The highest BCUT2D eigenvalue weighted by Gasteiger charge is 2.18. The van der Waals surface area contributed by atoms with Gasteiger partial charge in [-0.15, -0.1) is 0 Å². The number of amides is 2. The summed E-state index contributed by atoms with van der Waals surface area (Å²) in [7, 11) is 0. The number of anilines is 2. The zero-order valence-electron chi connectivity index (χ0n) is 15.6. The number of nitrogens with two attached hydrogens (primary N) is 1. The Morgan fingerprint density at radius 1 is 1.11 bits per heavy atom. The fraction of sp³-hybridized carbons (Fsp3) is 0.200. The second-order valence-corrected chi connectivity index (χ2v) is 7.40. The van der Waals surface area contributed by atoms with Gasteiger partial charge in [-0.3, -0.25) is 9.59 Å². The number of nitrogens with zero attached hydrogens (tertiary/aromatic N) is 2. The van der Waals surface area contributed by atoms with Crippen LogP contribution in [-0.4, -0.2) is 33.6 Å². The third-order valence-electron chi connectivity index (χ3n) is 4.02. The van der Waals surface area contributed by atoms with Crippen LogP contribution in [0.15, 0.2) is 53.7 Å². The van der Waals surface area contributed by atoms with E-state index in [4.69, 9.17) is 5.73 Å². The molecule has 1 aromatic heterocycles. The van der Waals surface area contributed by atoms with E-state index in [1.807, 2.05) is 31.2 Å². The van der Waals surface area contributed by atoms with Gasteiger partial charge in [-0.25, -0.2) is 9.97 Å². The maximum atomic E-state index is 12.5. The van der Waals surface area contributed by atoms with E-state index < -0.39 is 11.2 Å². The van der Waals surface area contributed by atoms with Crippen molar-refractivity contribution in [3.05, 3.63) is 54.1 Å². The van der Waals surface area contributed by atoms with E-state index in [0.717, 1.165) is 23.3 Å². The van der Waals surface area contributed by atoms with E-state index >= 15 is 0 Å². The third-order valence-corrected chi connectivity index (χ3v) is 4.98. The first-order chi connectivity index (χ1) is 13.5. The number of nitrogens with one attached hydrogen (secondary N) is 2. The van der Waals surface area contributed by atoms with Crippen LogP contribution in [0.3, 0.4) is 0 Å². The summed E-state index contributed by atoms with van der Waals surface area (Å²) in [6.45, 7) is 4.54. The molecule has 1 heterocycles. The van der Waals surface area contributed by atoms with Gasteiger partial charge in [0.25, 0.3) is 0 Å². The van der Waals surface area contributed by atoms with Crippen molar-refractivity contribution in [2.75, 3.05) is 17.2 Å². The molecule has 4 N–H and O–H groups in total. The average molecular weight is 395 g/mol. The van der Waals surface area contributed by atoms with Crippen molar-refractivity contribution in [1.29, 1.82) is 0 Å². The molecular weight excluding hydrogens is 374 g/mol. The number of primary amides is 1. The molecule has 0 aliphatic rings. The summed E-state index contributed by atoms with van der Waals surface area (Å²) in [5.41, 5.74) is 7.03. The summed E-state index contributed by atoms with van der Waals surface area (Å²) in [5.74, 6) is 0.0654. The van der Waals surface area contributed by atoms with Gasteiger partial charge in [0.15, 0.2) is 5.16 Å². The molecule has 7 nitrogen and oxygen atoms in total. The molecular formula is C20H21N5O2S. The van der Waals surface area contributed by atoms with Gasteiger partial charge in [0, 0.05) is 23.2 Å². The molecule has 0 fully saturated rings. The molecule has 144 valence electrons. The minimum absolute atomic E-state index is 0.182. The lowest BCUT2D eigenvalue weighted by Crippen LogP contribution is -2.23. The van der Waals surface area contributed by atoms with E-state index in [1.54, 1.807) is 31.2 Å². The predicted octanol–water partition coefficient (Wildman–Crippen LogP) is 3.28. The van der Waals surface area contributed by atoms with Crippen LogP contribution < -0.4 is 16.4 Å². The number of hydrogen-bond acceptors (Lipinski definition) is 6. The Hall–Kier alpha value is -3.13. The van der Waals surface area contributed by atoms with E-state index in [2.05, 4.69) is 20.6 Å². The van der Waals surface area contributed by atoms with Gasteiger partial charge in [-0.05, 0) is 50.2 Å². The summed E-state index contributed by atoms with van der Waals surface area (Å²) in [5, 5.41) is 7.13. The fourth-order valence-electron chi connectivity index (χ4n) is 2.58. The lowest BCUT2D eigenvalue weighted by molar-refractivity contribution is -0.115. The van der Waals surface area contributed by atoms with Crippen LogP contribution in [-0.2, 0) is 4.79 Å². The minimum Gasteiger partial charge on any atom is -0.370 e. The Morgan fingerprint density at radius 3 is 2.50 bits per heavy atom. The molecule has 0 bridgehead atoms. The van der Waals surface area contributed by atoms with E-state index in [0.29, 0.717) is 16.4 Å². The van der Waals surface area contributed by atoms with Crippen LogP contribution >= 0.6 is 11.8 Å². The van der Waals surface area contributed by atoms with Gasteiger partial charge < -0.3 is 16.4 Å². The first-order valence-corrected chi connectivity index (χ1v) is 9.74. The van der Waals surface area contributed by atoms with E-state index in [9.17, 15) is 9.59 Å². The Kier molecular flexibility index (Phi) is 6.10. The fourth-order valence-corrected chi connectivity index (χ4v) is 3.36. The van der Waals surface area contributed by atoms with Crippen molar-refractivity contribution in [3.63, 3.8) is 0 Å². The summed E-state index contributed by atoms with van der Waals surface area (Å²) in [4.78, 5) is 32.8. The van der Waals surface area contributed by atoms with Gasteiger partial charge in [0.1, 0.15) is 5.82 Å². The Labute approximate surface area is 167 Å². The zero-order valence-corrected chi connectivity index (χ0v) is 16.4. The quantitative estimate of drug-likeness (QED) is 0.418. The van der Waals surface area contributed by atoms with Crippen molar-refractivity contribution in [1.82, 2.24) is 9.97 Å². The van der Waals surface area contributed by atoms with Crippen LogP contribution in [0.1, 0.15) is 24.2 Å². The van der Waals surface area contributed by atoms with Crippen molar-refractivity contribution < 1.29 is 9.59 Å². The van der Waals surface area contributed by atoms with E-state index in [1.165, 1.54) is 11.8 Å². The Balaban J connectivity index is 1.73. The molecule has 28 heavy (non-hydrogen) atoms. The van der Waals surface area contributed by atoms with Gasteiger partial charge in [0.2, 0.25) is 11.8 Å². The van der Waals surface area contributed by atoms with Crippen LogP contribution in [0, 0.1) is 0 Å². The van der Waals surface area contributed by atoms with Crippen molar-refractivity contribution in [2.24, 2.45) is 5.73 Å². The molecule has 0 spiro atoms. The van der Waals surface area contributed by atoms with Crippen LogP contribution in [0.4, 0.5) is 11.5 Å². The summed E-state index contributed by atoms with van der Waals surface area (Å²) >= 11 is 1.29. The minimum atomic E-state index is -0.508. The van der Waals surface area contributed by atoms with Gasteiger partial charge in [-0.2, -0.15) is 0 Å². The second kappa shape index (κ2) is 8.71. The SMILES string of the molecule is CCNc1nc(S[C@@H](C)C(=O)Nc2ccc(C(N)=O)cc2)nc2ccccc12. The number of carbonyl (C=O) groups is 2. The molecule has 0 saturated heterocycles. The predicted molar refractivity (Wildman–Crippen MR) is 113 cm³/mol. The number of benzene rings is 2. The maximum absolute atomic E-state index is 12.5. The normalized spacial score (nSPS) is 11.8. The molecule has 3 aromatic rings. The van der Waals surface area contributed by atoms with Gasteiger partial charge >= 0.3 is 0 Å². The first-order valence-electron chi connectivity index (χ1n) is 8.86. The summed E-state index contributed by atoms with van der Waals surface area (Å²) in [6.07, 6.45) is 0. The topological polar surface area (TPSA) is 110 Å². The highest BCUT2D eigenvalue weighted by molar-refractivity contribution is 8.00. The average Bonchev–Trinajstić information content (AvgIpc) is 2.68. The molecule has 8 heteroatoms.